The number of alkyl halides is 2. The standard InChI is InChI=1S/C17H26F2N2O3/c1-12-6-7-13(10-14(12)24-15(18)19)20-16(23)21(8-5-9-22)11-17(2,3)4/h6-7,10,15,22H,5,8-9,11H2,1-4H3,(H,20,23). The molecule has 0 bridgehead atoms. The maximum absolute atomic E-state index is 12.5. The summed E-state index contributed by atoms with van der Waals surface area (Å²) in [6, 6.07) is 4.27. The SMILES string of the molecule is Cc1ccc(NC(=O)N(CCCO)CC(C)(C)C)cc1OC(F)F. The van der Waals surface area contributed by atoms with Crippen molar-refractivity contribution >= 4 is 11.7 Å². The van der Waals surface area contributed by atoms with Gasteiger partial charge in [0.2, 0.25) is 0 Å². The number of nitrogens with one attached hydrogen (secondary N) is 1. The van der Waals surface area contributed by atoms with Crippen LogP contribution in [0.4, 0.5) is 19.3 Å². The largest absolute Gasteiger partial charge is 0.434 e. The Morgan fingerprint density at radius 2 is 2.04 bits per heavy atom. The van der Waals surface area contributed by atoms with Gasteiger partial charge < -0.3 is 20.1 Å². The highest BCUT2D eigenvalue weighted by molar-refractivity contribution is 5.89. The summed E-state index contributed by atoms with van der Waals surface area (Å²) in [5.74, 6) is 0.0283. The number of rotatable bonds is 7. The van der Waals surface area contributed by atoms with E-state index < -0.39 is 6.61 Å². The summed E-state index contributed by atoms with van der Waals surface area (Å²) < 4.78 is 29.3. The molecular formula is C17H26F2N2O3. The Morgan fingerprint density at radius 1 is 1.38 bits per heavy atom. The van der Waals surface area contributed by atoms with Crippen LogP contribution in [0.3, 0.4) is 0 Å². The lowest BCUT2D eigenvalue weighted by Gasteiger charge is -2.30. The van der Waals surface area contributed by atoms with Crippen LogP contribution in [0.5, 0.6) is 5.75 Å². The first-order valence-corrected chi connectivity index (χ1v) is 7.84. The van der Waals surface area contributed by atoms with Gasteiger partial charge in [0.15, 0.2) is 0 Å². The lowest BCUT2D eigenvalue weighted by atomic mass is 9.96. The number of urea groups is 1. The average molecular weight is 344 g/mol. The Labute approximate surface area is 141 Å². The molecule has 0 heterocycles. The molecule has 0 aliphatic carbocycles. The minimum Gasteiger partial charge on any atom is -0.434 e. The number of anilines is 1. The first-order chi connectivity index (χ1) is 11.1. The summed E-state index contributed by atoms with van der Waals surface area (Å²) in [5, 5.41) is 11.7. The van der Waals surface area contributed by atoms with Crippen LogP contribution in [0, 0.1) is 12.3 Å². The highest BCUT2D eigenvalue weighted by atomic mass is 19.3. The number of carbonyl (C=O) groups excluding carboxylic acids is 1. The molecule has 0 aromatic heterocycles. The molecule has 0 unspecified atom stereocenters. The third kappa shape index (κ3) is 7.12. The van der Waals surface area contributed by atoms with Crippen LogP contribution in [0.15, 0.2) is 18.2 Å². The minimum atomic E-state index is -2.92. The van der Waals surface area contributed by atoms with Crippen LogP contribution in [0.25, 0.3) is 0 Å². The van der Waals surface area contributed by atoms with E-state index >= 15 is 0 Å². The molecule has 0 aliphatic heterocycles. The predicted octanol–water partition coefficient (Wildman–Crippen LogP) is 3.86. The number of halogens is 2. The van der Waals surface area contributed by atoms with Crippen LogP contribution in [0.1, 0.15) is 32.8 Å². The topological polar surface area (TPSA) is 61.8 Å². The van der Waals surface area contributed by atoms with Crippen LogP contribution in [-0.2, 0) is 0 Å². The van der Waals surface area contributed by atoms with Crippen molar-refractivity contribution in [3.8, 4) is 5.75 Å². The van der Waals surface area contributed by atoms with Gasteiger partial charge in [0.1, 0.15) is 5.75 Å². The molecule has 0 spiro atoms. The summed E-state index contributed by atoms with van der Waals surface area (Å²) in [7, 11) is 0. The molecule has 24 heavy (non-hydrogen) atoms. The summed E-state index contributed by atoms with van der Waals surface area (Å²) in [6.07, 6.45) is 0.469. The Morgan fingerprint density at radius 3 is 2.58 bits per heavy atom. The molecule has 0 saturated carbocycles. The van der Waals surface area contributed by atoms with Crippen molar-refractivity contribution in [2.75, 3.05) is 25.0 Å². The summed E-state index contributed by atoms with van der Waals surface area (Å²) in [4.78, 5) is 14.1. The Balaban J connectivity index is 2.85. The zero-order chi connectivity index (χ0) is 18.3. The fourth-order valence-electron chi connectivity index (χ4n) is 2.19. The van der Waals surface area contributed by atoms with Gasteiger partial charge in [-0.05, 0) is 30.4 Å². The zero-order valence-electron chi connectivity index (χ0n) is 14.6. The molecule has 0 saturated heterocycles. The molecule has 2 N–H and O–H groups in total. The van der Waals surface area contributed by atoms with E-state index in [1.165, 1.54) is 6.07 Å². The normalized spacial score (nSPS) is 11.5. The summed E-state index contributed by atoms with van der Waals surface area (Å²) in [6.45, 7) is 5.65. The number of carbonyl (C=O) groups is 1. The van der Waals surface area contributed by atoms with Gasteiger partial charge in [-0.25, -0.2) is 4.79 Å². The van der Waals surface area contributed by atoms with Crippen LogP contribution in [-0.4, -0.2) is 42.3 Å². The van der Waals surface area contributed by atoms with Gasteiger partial charge >= 0.3 is 12.6 Å². The second-order valence-corrected chi connectivity index (χ2v) is 6.85. The van der Waals surface area contributed by atoms with E-state index in [2.05, 4.69) is 10.1 Å². The number of aliphatic hydroxyl groups excluding tert-OH is 1. The van der Waals surface area contributed by atoms with E-state index in [1.807, 2.05) is 20.8 Å². The van der Waals surface area contributed by atoms with Crippen LogP contribution < -0.4 is 10.1 Å². The number of hydrogen-bond acceptors (Lipinski definition) is 3. The van der Waals surface area contributed by atoms with Crippen molar-refractivity contribution in [3.05, 3.63) is 23.8 Å². The molecule has 2 amide bonds. The maximum atomic E-state index is 12.5. The first-order valence-electron chi connectivity index (χ1n) is 7.84. The molecular weight excluding hydrogens is 318 g/mol. The number of aryl methyl sites for hydroxylation is 1. The number of hydrogen-bond donors (Lipinski definition) is 2. The maximum Gasteiger partial charge on any atom is 0.387 e. The molecule has 5 nitrogen and oxygen atoms in total. The molecule has 0 aliphatic rings. The smallest absolute Gasteiger partial charge is 0.387 e. The average Bonchev–Trinajstić information content (AvgIpc) is 2.45. The third-order valence-corrected chi connectivity index (χ3v) is 3.19. The fraction of sp³-hybridized carbons (Fsp3) is 0.588. The number of benzene rings is 1. The highest BCUT2D eigenvalue weighted by Crippen LogP contribution is 2.25. The number of amides is 2. The predicted molar refractivity (Wildman–Crippen MR) is 89.6 cm³/mol. The monoisotopic (exact) mass is 344 g/mol. The van der Waals surface area contributed by atoms with Crippen LogP contribution >= 0.6 is 0 Å². The second-order valence-electron chi connectivity index (χ2n) is 6.85. The molecule has 7 heteroatoms. The van der Waals surface area contributed by atoms with Crippen molar-refractivity contribution in [2.45, 2.75) is 40.7 Å². The van der Waals surface area contributed by atoms with E-state index in [0.717, 1.165) is 0 Å². The van der Waals surface area contributed by atoms with E-state index in [-0.39, 0.29) is 23.8 Å². The van der Waals surface area contributed by atoms with Gasteiger partial charge in [-0.15, -0.1) is 0 Å². The van der Waals surface area contributed by atoms with Crippen molar-refractivity contribution in [2.24, 2.45) is 5.41 Å². The van der Waals surface area contributed by atoms with Gasteiger partial charge in [0.05, 0.1) is 0 Å². The lowest BCUT2D eigenvalue weighted by Crippen LogP contribution is -2.41. The van der Waals surface area contributed by atoms with Gasteiger partial charge in [0.25, 0.3) is 0 Å². The number of ether oxygens (including phenoxy) is 1. The zero-order valence-corrected chi connectivity index (χ0v) is 14.6. The fourth-order valence-corrected chi connectivity index (χ4v) is 2.19. The molecule has 0 atom stereocenters. The summed E-state index contributed by atoms with van der Waals surface area (Å²) in [5.41, 5.74) is 0.827. The Bertz CT molecular complexity index is 545. The second kappa shape index (κ2) is 8.82. The van der Waals surface area contributed by atoms with Crippen molar-refractivity contribution in [1.82, 2.24) is 4.90 Å². The summed E-state index contributed by atoms with van der Waals surface area (Å²) >= 11 is 0. The molecule has 0 fully saturated rings. The van der Waals surface area contributed by atoms with Gasteiger partial charge in [-0.3, -0.25) is 0 Å². The van der Waals surface area contributed by atoms with Crippen LogP contribution in [0.2, 0.25) is 0 Å². The quantitative estimate of drug-likeness (QED) is 0.789. The van der Waals surface area contributed by atoms with Crippen molar-refractivity contribution in [3.63, 3.8) is 0 Å². The Kier molecular flexibility index (Phi) is 7.41. The van der Waals surface area contributed by atoms with E-state index in [1.54, 1.807) is 24.0 Å². The van der Waals surface area contributed by atoms with E-state index in [9.17, 15) is 13.6 Å². The van der Waals surface area contributed by atoms with Crippen molar-refractivity contribution < 1.29 is 23.4 Å². The minimum absolute atomic E-state index is 0.00910. The highest BCUT2D eigenvalue weighted by Gasteiger charge is 2.21. The van der Waals surface area contributed by atoms with Gasteiger partial charge in [0, 0.05) is 31.5 Å². The van der Waals surface area contributed by atoms with E-state index in [4.69, 9.17) is 5.11 Å². The molecule has 1 aromatic carbocycles. The lowest BCUT2D eigenvalue weighted by molar-refractivity contribution is -0.0502. The molecule has 1 rings (SSSR count). The van der Waals surface area contributed by atoms with E-state index in [0.29, 0.717) is 30.8 Å². The first kappa shape index (κ1) is 20.2. The Hall–Kier alpha value is -1.89. The number of aliphatic hydroxyl groups is 1. The van der Waals surface area contributed by atoms with Gasteiger partial charge in [-0.2, -0.15) is 8.78 Å². The van der Waals surface area contributed by atoms with Gasteiger partial charge in [-0.1, -0.05) is 26.8 Å². The molecule has 0 radical (unpaired) electrons. The number of nitrogens with zero attached hydrogens (tertiary/aromatic N) is 1. The third-order valence-electron chi connectivity index (χ3n) is 3.19. The molecule has 136 valence electrons. The van der Waals surface area contributed by atoms with Crippen molar-refractivity contribution in [1.29, 1.82) is 0 Å². The molecule has 1 aromatic rings.